The van der Waals surface area contributed by atoms with Gasteiger partial charge in [0.25, 0.3) is 11.6 Å². The summed E-state index contributed by atoms with van der Waals surface area (Å²) in [4.78, 5) is 21.5. The van der Waals surface area contributed by atoms with E-state index in [4.69, 9.17) is 5.11 Å². The molecule has 0 aliphatic rings. The lowest BCUT2D eigenvalue weighted by Gasteiger charge is -2.03. The summed E-state index contributed by atoms with van der Waals surface area (Å²) in [5.41, 5.74) is 0.506. The highest BCUT2D eigenvalue weighted by molar-refractivity contribution is 5.94. The number of nitrogens with one attached hydrogen (secondary N) is 1. The normalized spacial score (nSPS) is 9.88. The third-order valence-electron chi connectivity index (χ3n) is 2.15. The molecule has 0 saturated heterocycles. The van der Waals surface area contributed by atoms with Crippen LogP contribution in [0.5, 0.6) is 0 Å². The predicted molar refractivity (Wildman–Crippen MR) is 57.3 cm³/mol. The van der Waals surface area contributed by atoms with E-state index in [0.29, 0.717) is 5.56 Å². The monoisotopic (exact) mass is 224 g/mol. The second-order valence-corrected chi connectivity index (χ2v) is 3.15. The molecular weight excluding hydrogens is 212 g/mol. The van der Waals surface area contributed by atoms with Crippen LogP contribution in [-0.4, -0.2) is 29.6 Å². The van der Waals surface area contributed by atoms with E-state index in [1.807, 2.05) is 0 Å². The Morgan fingerprint density at radius 2 is 2.25 bits per heavy atom. The Kier molecular flexibility index (Phi) is 3.96. The van der Waals surface area contributed by atoms with E-state index < -0.39 is 4.92 Å². The molecule has 0 bridgehead atoms. The van der Waals surface area contributed by atoms with Crippen molar-refractivity contribution >= 4 is 11.6 Å². The Balaban J connectivity index is 3.17. The van der Waals surface area contributed by atoms with E-state index >= 15 is 0 Å². The molecule has 0 saturated carbocycles. The summed E-state index contributed by atoms with van der Waals surface area (Å²) >= 11 is 0. The molecule has 86 valence electrons. The quantitative estimate of drug-likeness (QED) is 0.575. The number of aliphatic hydroxyl groups is 1. The van der Waals surface area contributed by atoms with Gasteiger partial charge < -0.3 is 10.4 Å². The lowest BCUT2D eigenvalue weighted by atomic mass is 10.1. The highest BCUT2D eigenvalue weighted by Gasteiger charge is 2.16. The van der Waals surface area contributed by atoms with Crippen molar-refractivity contribution < 1.29 is 14.8 Å². The van der Waals surface area contributed by atoms with Crippen molar-refractivity contribution in [3.63, 3.8) is 0 Å². The van der Waals surface area contributed by atoms with Crippen LogP contribution in [0.3, 0.4) is 0 Å². The zero-order valence-electron chi connectivity index (χ0n) is 8.77. The van der Waals surface area contributed by atoms with Gasteiger partial charge in [0, 0.05) is 37.3 Å². The van der Waals surface area contributed by atoms with Crippen LogP contribution in [0.15, 0.2) is 18.2 Å². The number of aliphatic hydroxyl groups excluding tert-OH is 1. The highest BCUT2D eigenvalue weighted by atomic mass is 16.6. The molecule has 2 N–H and O–H groups in total. The number of rotatable bonds is 4. The first-order valence-electron chi connectivity index (χ1n) is 4.70. The summed E-state index contributed by atoms with van der Waals surface area (Å²) < 4.78 is 0. The molecule has 0 spiro atoms. The van der Waals surface area contributed by atoms with Gasteiger partial charge in [-0.05, 0) is 6.07 Å². The van der Waals surface area contributed by atoms with Gasteiger partial charge in [-0.25, -0.2) is 0 Å². The van der Waals surface area contributed by atoms with Gasteiger partial charge in [-0.3, -0.25) is 14.9 Å². The molecule has 0 fully saturated rings. The molecule has 0 heterocycles. The molecule has 0 aliphatic carbocycles. The largest absolute Gasteiger partial charge is 0.396 e. The molecule has 0 radical (unpaired) electrons. The van der Waals surface area contributed by atoms with Gasteiger partial charge >= 0.3 is 0 Å². The molecule has 1 amide bonds. The topological polar surface area (TPSA) is 92.5 Å². The van der Waals surface area contributed by atoms with Crippen LogP contribution in [0.2, 0.25) is 0 Å². The van der Waals surface area contributed by atoms with Crippen LogP contribution in [0.4, 0.5) is 5.69 Å². The van der Waals surface area contributed by atoms with E-state index in [1.54, 1.807) is 0 Å². The van der Waals surface area contributed by atoms with Crippen LogP contribution >= 0.6 is 0 Å². The van der Waals surface area contributed by atoms with Crippen molar-refractivity contribution in [2.45, 2.75) is 6.42 Å². The fraction of sp³-hybridized carbons (Fsp3) is 0.300. The average molecular weight is 224 g/mol. The second-order valence-electron chi connectivity index (χ2n) is 3.15. The van der Waals surface area contributed by atoms with Gasteiger partial charge in [-0.2, -0.15) is 0 Å². The van der Waals surface area contributed by atoms with Crippen molar-refractivity contribution in [1.29, 1.82) is 0 Å². The second kappa shape index (κ2) is 5.22. The molecule has 1 aromatic rings. The van der Waals surface area contributed by atoms with Crippen molar-refractivity contribution in [2.24, 2.45) is 0 Å². The van der Waals surface area contributed by atoms with E-state index in [0.717, 1.165) is 0 Å². The summed E-state index contributed by atoms with van der Waals surface area (Å²) in [6.45, 7) is -0.167. The molecule has 1 rings (SSSR count). The summed E-state index contributed by atoms with van der Waals surface area (Å²) in [6.07, 6.45) is 0.199. The van der Waals surface area contributed by atoms with E-state index in [9.17, 15) is 14.9 Å². The zero-order chi connectivity index (χ0) is 12.1. The minimum atomic E-state index is -0.558. The van der Waals surface area contributed by atoms with E-state index in [-0.39, 0.29) is 30.2 Å². The Bertz CT molecular complexity index is 417. The maximum Gasteiger partial charge on any atom is 0.273 e. The number of nitrogens with zero attached hydrogens (tertiary/aromatic N) is 1. The smallest absolute Gasteiger partial charge is 0.273 e. The molecular formula is C10H12N2O4. The van der Waals surface area contributed by atoms with Crippen LogP contribution < -0.4 is 5.32 Å². The van der Waals surface area contributed by atoms with Crippen molar-refractivity contribution in [3.8, 4) is 0 Å². The maximum atomic E-state index is 11.3. The summed E-state index contributed by atoms with van der Waals surface area (Å²) in [5, 5.41) is 21.9. The molecule has 1 aromatic carbocycles. The fourth-order valence-electron chi connectivity index (χ4n) is 1.35. The molecule has 6 nitrogen and oxygen atoms in total. The van der Waals surface area contributed by atoms with Gasteiger partial charge in [-0.15, -0.1) is 0 Å². The number of amides is 1. The standard InChI is InChI=1S/C10H12N2O4/c1-11-10(14)8-3-2-7(4-5-13)9(6-8)12(15)16/h2-3,6,13H,4-5H2,1H3,(H,11,14). The Labute approximate surface area is 92.0 Å². The summed E-state index contributed by atoms with van der Waals surface area (Å²) in [6, 6.07) is 4.19. The Morgan fingerprint density at radius 3 is 2.75 bits per heavy atom. The van der Waals surface area contributed by atoms with Crippen LogP contribution in [0, 0.1) is 10.1 Å². The summed E-state index contributed by atoms with van der Waals surface area (Å²) in [5.74, 6) is -0.376. The van der Waals surface area contributed by atoms with Crippen LogP contribution in [0.25, 0.3) is 0 Å². The summed E-state index contributed by atoms with van der Waals surface area (Å²) in [7, 11) is 1.45. The first-order valence-corrected chi connectivity index (χ1v) is 4.70. The van der Waals surface area contributed by atoms with Crippen LogP contribution in [-0.2, 0) is 6.42 Å². The number of carbonyl (C=O) groups is 1. The van der Waals surface area contributed by atoms with Crippen molar-refractivity contribution in [2.75, 3.05) is 13.7 Å². The lowest BCUT2D eigenvalue weighted by Crippen LogP contribution is -2.18. The third kappa shape index (κ3) is 2.54. The Hall–Kier alpha value is -1.95. The molecule has 0 aliphatic heterocycles. The minimum absolute atomic E-state index is 0.143. The van der Waals surface area contributed by atoms with Gasteiger partial charge in [0.1, 0.15) is 0 Å². The molecule has 6 heteroatoms. The minimum Gasteiger partial charge on any atom is -0.396 e. The van der Waals surface area contributed by atoms with Crippen molar-refractivity contribution in [3.05, 3.63) is 39.4 Å². The Morgan fingerprint density at radius 1 is 1.56 bits per heavy atom. The zero-order valence-corrected chi connectivity index (χ0v) is 8.77. The predicted octanol–water partition coefficient (Wildman–Crippen LogP) is 0.489. The SMILES string of the molecule is CNC(=O)c1ccc(CCO)c([N+](=O)[O-])c1. The fourth-order valence-corrected chi connectivity index (χ4v) is 1.35. The average Bonchev–Trinajstić information content (AvgIpc) is 2.28. The molecule has 0 unspecified atom stereocenters. The lowest BCUT2D eigenvalue weighted by molar-refractivity contribution is -0.385. The number of benzene rings is 1. The number of carbonyl (C=O) groups excluding carboxylic acids is 1. The first-order chi connectivity index (χ1) is 7.60. The van der Waals surface area contributed by atoms with Gasteiger partial charge in [0.05, 0.1) is 4.92 Å². The van der Waals surface area contributed by atoms with Crippen molar-refractivity contribution in [1.82, 2.24) is 5.32 Å². The molecule has 0 atom stereocenters. The van der Waals surface area contributed by atoms with Gasteiger partial charge in [0.2, 0.25) is 0 Å². The number of nitro benzene ring substituents is 1. The maximum absolute atomic E-state index is 11.3. The van der Waals surface area contributed by atoms with Gasteiger partial charge in [-0.1, -0.05) is 6.07 Å². The molecule has 16 heavy (non-hydrogen) atoms. The molecule has 0 aromatic heterocycles. The highest BCUT2D eigenvalue weighted by Crippen LogP contribution is 2.20. The van der Waals surface area contributed by atoms with Gasteiger partial charge in [0.15, 0.2) is 0 Å². The third-order valence-corrected chi connectivity index (χ3v) is 2.15. The van der Waals surface area contributed by atoms with Crippen LogP contribution in [0.1, 0.15) is 15.9 Å². The van der Waals surface area contributed by atoms with E-state index in [1.165, 1.54) is 25.2 Å². The number of nitro groups is 1. The first kappa shape index (κ1) is 12.1. The number of hydrogen-bond donors (Lipinski definition) is 2. The van der Waals surface area contributed by atoms with E-state index in [2.05, 4.69) is 5.32 Å². The number of hydrogen-bond acceptors (Lipinski definition) is 4.